The Kier molecular flexibility index (Phi) is 5.10. The normalized spacial score (nSPS) is 19.4. The maximum Gasteiger partial charge on any atom is 0.410 e. The van der Waals surface area contributed by atoms with Crippen LogP contribution in [0.15, 0.2) is 35.4 Å². The van der Waals surface area contributed by atoms with Crippen LogP contribution in [0.1, 0.15) is 38.2 Å². The van der Waals surface area contributed by atoms with Crippen molar-refractivity contribution in [2.24, 2.45) is 0 Å². The molecule has 4 heteroatoms. The van der Waals surface area contributed by atoms with Crippen LogP contribution in [0.3, 0.4) is 0 Å². The zero-order valence-electron chi connectivity index (χ0n) is 14.3. The summed E-state index contributed by atoms with van der Waals surface area (Å²) in [6.45, 7) is 3.00. The van der Waals surface area contributed by atoms with Crippen molar-refractivity contribution in [3.05, 3.63) is 41.0 Å². The molecule has 24 heavy (non-hydrogen) atoms. The number of fused-ring (bicyclic) bond motifs is 1. The number of carbonyl (C=O) groups excluding carboxylic acids is 1. The first-order valence-electron chi connectivity index (χ1n) is 8.54. The number of methoxy groups -OCH3 is 1. The summed E-state index contributed by atoms with van der Waals surface area (Å²) in [6.07, 6.45) is 3.79. The molecule has 126 valence electrons. The predicted molar refractivity (Wildman–Crippen MR) is 92.9 cm³/mol. The molecule has 1 amide bonds. The second-order valence-corrected chi connectivity index (χ2v) is 6.04. The van der Waals surface area contributed by atoms with E-state index >= 15 is 0 Å². The van der Waals surface area contributed by atoms with Crippen LogP contribution in [0.4, 0.5) is 4.79 Å². The van der Waals surface area contributed by atoms with Gasteiger partial charge in [0.1, 0.15) is 5.75 Å². The molecule has 0 aromatic heterocycles. The first-order valence-corrected chi connectivity index (χ1v) is 8.54. The zero-order valence-corrected chi connectivity index (χ0v) is 14.3. The Bertz CT molecular complexity index is 711. The molecule has 2 aliphatic rings. The van der Waals surface area contributed by atoms with E-state index < -0.39 is 0 Å². The van der Waals surface area contributed by atoms with Gasteiger partial charge in [0.15, 0.2) is 0 Å². The van der Waals surface area contributed by atoms with E-state index in [1.165, 1.54) is 11.1 Å². The van der Waals surface area contributed by atoms with Gasteiger partial charge in [-0.05, 0) is 56.4 Å². The van der Waals surface area contributed by atoms with Crippen molar-refractivity contribution in [3.8, 4) is 17.6 Å². The quantitative estimate of drug-likeness (QED) is 0.777. The van der Waals surface area contributed by atoms with E-state index in [1.807, 2.05) is 36.1 Å². The molecule has 0 N–H and O–H groups in total. The van der Waals surface area contributed by atoms with Gasteiger partial charge in [-0.3, -0.25) is 0 Å². The van der Waals surface area contributed by atoms with Crippen molar-refractivity contribution >= 4 is 6.09 Å². The third kappa shape index (κ3) is 3.41. The molecule has 1 atom stereocenters. The molecule has 3 rings (SSSR count). The summed E-state index contributed by atoms with van der Waals surface area (Å²) in [5, 5.41) is 0. The van der Waals surface area contributed by atoms with E-state index in [1.54, 1.807) is 7.11 Å². The highest BCUT2D eigenvalue weighted by Crippen LogP contribution is 2.36. The van der Waals surface area contributed by atoms with Gasteiger partial charge in [0.05, 0.1) is 19.8 Å². The highest BCUT2D eigenvalue weighted by Gasteiger charge is 2.36. The molecule has 0 bridgehead atoms. The topological polar surface area (TPSA) is 38.8 Å². The van der Waals surface area contributed by atoms with Crippen molar-refractivity contribution in [3.63, 3.8) is 0 Å². The van der Waals surface area contributed by atoms with E-state index in [0.717, 1.165) is 43.5 Å². The van der Waals surface area contributed by atoms with Gasteiger partial charge in [0, 0.05) is 17.7 Å². The van der Waals surface area contributed by atoms with Crippen LogP contribution in [0.25, 0.3) is 0 Å². The number of nitrogens with zero attached hydrogens (tertiary/aromatic N) is 1. The Morgan fingerprint density at radius 1 is 1.33 bits per heavy atom. The average molecular weight is 325 g/mol. The summed E-state index contributed by atoms with van der Waals surface area (Å²) in [7, 11) is 1.66. The van der Waals surface area contributed by atoms with Crippen LogP contribution in [0.5, 0.6) is 5.75 Å². The summed E-state index contributed by atoms with van der Waals surface area (Å²) in [4.78, 5) is 14.0. The van der Waals surface area contributed by atoms with E-state index in [2.05, 4.69) is 11.8 Å². The number of hydrogen-bond acceptors (Lipinski definition) is 3. The smallest absolute Gasteiger partial charge is 0.410 e. The number of rotatable bonds is 2. The Balaban J connectivity index is 1.82. The lowest BCUT2D eigenvalue weighted by atomic mass is 9.88. The molecule has 1 aromatic carbocycles. The molecule has 4 nitrogen and oxygen atoms in total. The molecule has 0 radical (unpaired) electrons. The Morgan fingerprint density at radius 3 is 3.00 bits per heavy atom. The van der Waals surface area contributed by atoms with Gasteiger partial charge in [-0.15, -0.1) is 0 Å². The van der Waals surface area contributed by atoms with E-state index in [4.69, 9.17) is 9.47 Å². The van der Waals surface area contributed by atoms with Gasteiger partial charge in [0.25, 0.3) is 0 Å². The van der Waals surface area contributed by atoms with Crippen molar-refractivity contribution in [1.82, 2.24) is 4.90 Å². The molecular formula is C20H23NO3. The summed E-state index contributed by atoms with van der Waals surface area (Å²) >= 11 is 0. The van der Waals surface area contributed by atoms with Crippen molar-refractivity contribution in [2.75, 3.05) is 20.3 Å². The fourth-order valence-corrected chi connectivity index (χ4v) is 3.48. The van der Waals surface area contributed by atoms with Crippen molar-refractivity contribution < 1.29 is 14.3 Å². The second-order valence-electron chi connectivity index (χ2n) is 6.04. The van der Waals surface area contributed by atoms with Gasteiger partial charge in [-0.25, -0.2) is 4.79 Å². The minimum Gasteiger partial charge on any atom is -0.497 e. The molecule has 0 spiro atoms. The summed E-state index contributed by atoms with van der Waals surface area (Å²) in [5.41, 5.74) is 3.47. The van der Waals surface area contributed by atoms with Gasteiger partial charge in [-0.2, -0.15) is 0 Å². The van der Waals surface area contributed by atoms with Gasteiger partial charge < -0.3 is 14.4 Å². The first-order chi connectivity index (χ1) is 11.7. The van der Waals surface area contributed by atoms with Crippen LogP contribution >= 0.6 is 0 Å². The maximum atomic E-state index is 12.1. The molecule has 1 unspecified atom stereocenters. The molecule has 1 heterocycles. The summed E-state index contributed by atoms with van der Waals surface area (Å²) in [6, 6.07) is 7.96. The predicted octanol–water partition coefficient (Wildman–Crippen LogP) is 3.76. The molecule has 1 fully saturated rings. The van der Waals surface area contributed by atoms with Crippen LogP contribution < -0.4 is 4.74 Å². The molecule has 1 aliphatic heterocycles. The monoisotopic (exact) mass is 325 g/mol. The molecular weight excluding hydrogens is 302 g/mol. The maximum absolute atomic E-state index is 12.1. The number of allylic oxidation sites excluding steroid dienone is 1. The van der Waals surface area contributed by atoms with Gasteiger partial charge >= 0.3 is 6.09 Å². The van der Waals surface area contributed by atoms with E-state index in [-0.39, 0.29) is 12.1 Å². The van der Waals surface area contributed by atoms with Gasteiger partial charge in [-0.1, -0.05) is 17.9 Å². The number of hydrogen-bond donors (Lipinski definition) is 0. The van der Waals surface area contributed by atoms with Crippen LogP contribution in [0, 0.1) is 11.8 Å². The fraction of sp³-hybridized carbons (Fsp3) is 0.450. The van der Waals surface area contributed by atoms with E-state index in [0.29, 0.717) is 6.61 Å². The standard InChI is InChI=1S/C20H23NO3/c1-3-24-20(22)21-13-12-18-16(7-5-9-19(18)21)11-10-15-6-4-8-17(14-15)23-2/h4,6,8,14,19H,3,5,7,9,12-13H2,1-2H3. The lowest BCUT2D eigenvalue weighted by Crippen LogP contribution is -2.37. The highest BCUT2D eigenvalue weighted by molar-refractivity contribution is 5.70. The third-order valence-electron chi connectivity index (χ3n) is 4.62. The van der Waals surface area contributed by atoms with Crippen molar-refractivity contribution in [1.29, 1.82) is 0 Å². The average Bonchev–Trinajstić information content (AvgIpc) is 3.05. The lowest BCUT2D eigenvalue weighted by Gasteiger charge is -2.28. The summed E-state index contributed by atoms with van der Waals surface area (Å²) < 4.78 is 10.4. The third-order valence-corrected chi connectivity index (χ3v) is 4.62. The zero-order chi connectivity index (χ0) is 16.9. The Morgan fingerprint density at radius 2 is 2.21 bits per heavy atom. The first kappa shape index (κ1) is 16.4. The minimum atomic E-state index is -0.195. The van der Waals surface area contributed by atoms with Gasteiger partial charge in [0.2, 0.25) is 0 Å². The number of carbonyl (C=O) groups is 1. The molecule has 1 saturated heterocycles. The Hall–Kier alpha value is -2.41. The second kappa shape index (κ2) is 7.44. The SMILES string of the molecule is CCOC(=O)N1CCC2=C(C#Cc3cccc(OC)c3)CCCC21. The largest absolute Gasteiger partial charge is 0.497 e. The number of likely N-dealkylation sites (tertiary alicyclic amines) is 1. The van der Waals surface area contributed by atoms with Crippen LogP contribution in [-0.2, 0) is 4.74 Å². The fourth-order valence-electron chi connectivity index (χ4n) is 3.48. The minimum absolute atomic E-state index is 0.174. The molecule has 0 saturated carbocycles. The number of ether oxygens (including phenoxy) is 2. The molecule has 1 aromatic rings. The Labute approximate surface area is 143 Å². The molecule has 1 aliphatic carbocycles. The number of benzene rings is 1. The van der Waals surface area contributed by atoms with Crippen LogP contribution in [-0.4, -0.2) is 37.3 Å². The highest BCUT2D eigenvalue weighted by atomic mass is 16.6. The van der Waals surface area contributed by atoms with E-state index in [9.17, 15) is 4.79 Å². The summed E-state index contributed by atoms with van der Waals surface area (Å²) in [5.74, 6) is 7.41. The number of amides is 1. The lowest BCUT2D eigenvalue weighted by molar-refractivity contribution is 0.103. The van der Waals surface area contributed by atoms with Crippen molar-refractivity contribution in [2.45, 2.75) is 38.6 Å². The van der Waals surface area contributed by atoms with Crippen LogP contribution in [0.2, 0.25) is 0 Å².